The second kappa shape index (κ2) is 3.51. The first-order valence-electron chi connectivity index (χ1n) is 5.57. The number of carbonyl (C=O) groups excluding carboxylic acids is 1. The lowest BCUT2D eigenvalue weighted by Crippen LogP contribution is -2.69. The highest BCUT2D eigenvalue weighted by Crippen LogP contribution is 2.48. The van der Waals surface area contributed by atoms with Crippen LogP contribution in [-0.4, -0.2) is 34.5 Å². The van der Waals surface area contributed by atoms with Crippen LogP contribution in [0.25, 0.3) is 0 Å². The lowest BCUT2D eigenvalue weighted by atomic mass is 9.62. The van der Waals surface area contributed by atoms with Gasteiger partial charge in [0.1, 0.15) is 6.04 Å². The van der Waals surface area contributed by atoms with E-state index in [0.29, 0.717) is 6.54 Å². The number of carboxylic acid groups (broad SMARTS) is 1. The molecule has 15 heavy (non-hydrogen) atoms. The van der Waals surface area contributed by atoms with Gasteiger partial charge in [-0.15, -0.1) is 0 Å². The van der Waals surface area contributed by atoms with E-state index in [2.05, 4.69) is 0 Å². The van der Waals surface area contributed by atoms with Gasteiger partial charge in [-0.1, -0.05) is 19.3 Å². The van der Waals surface area contributed by atoms with Crippen molar-refractivity contribution in [3.05, 3.63) is 0 Å². The second-order valence-corrected chi connectivity index (χ2v) is 4.81. The zero-order valence-electron chi connectivity index (χ0n) is 9.03. The van der Waals surface area contributed by atoms with Crippen LogP contribution < -0.4 is 0 Å². The standard InChI is InChI=1S/C11H17NO3/c1-8(13)12-7-11(9(12)10(14)15)5-3-2-4-6-11/h9H,2-7H2,1H3,(H,14,15). The number of amides is 1. The molecule has 1 atom stereocenters. The van der Waals surface area contributed by atoms with Crippen LogP contribution in [0.3, 0.4) is 0 Å². The van der Waals surface area contributed by atoms with Gasteiger partial charge in [0, 0.05) is 18.9 Å². The zero-order chi connectivity index (χ0) is 11.1. The minimum absolute atomic E-state index is 0.101. The Morgan fingerprint density at radius 2 is 1.87 bits per heavy atom. The Balaban J connectivity index is 2.15. The smallest absolute Gasteiger partial charge is 0.327 e. The Morgan fingerprint density at radius 1 is 1.27 bits per heavy atom. The van der Waals surface area contributed by atoms with Gasteiger partial charge >= 0.3 is 5.97 Å². The molecule has 0 aromatic rings. The average Bonchev–Trinajstić information content (AvgIpc) is 2.14. The lowest BCUT2D eigenvalue weighted by molar-refractivity contribution is -0.178. The molecule has 84 valence electrons. The number of carboxylic acids is 1. The molecule has 4 heteroatoms. The van der Waals surface area contributed by atoms with E-state index in [1.807, 2.05) is 0 Å². The van der Waals surface area contributed by atoms with Gasteiger partial charge < -0.3 is 10.0 Å². The van der Waals surface area contributed by atoms with Crippen LogP contribution in [0.5, 0.6) is 0 Å². The van der Waals surface area contributed by atoms with Crippen molar-refractivity contribution in [3.8, 4) is 0 Å². The molecule has 0 bridgehead atoms. The summed E-state index contributed by atoms with van der Waals surface area (Å²) in [6.07, 6.45) is 5.35. The molecule has 1 unspecified atom stereocenters. The third kappa shape index (κ3) is 1.52. The molecule has 1 aliphatic carbocycles. The first kappa shape index (κ1) is 10.5. The fourth-order valence-corrected chi connectivity index (χ4v) is 3.11. The summed E-state index contributed by atoms with van der Waals surface area (Å²) < 4.78 is 0. The molecule has 2 rings (SSSR count). The van der Waals surface area contributed by atoms with E-state index in [1.165, 1.54) is 18.2 Å². The minimum Gasteiger partial charge on any atom is -0.480 e. The monoisotopic (exact) mass is 211 g/mol. The molecule has 2 aliphatic rings. The topological polar surface area (TPSA) is 57.6 Å². The van der Waals surface area contributed by atoms with Crippen LogP contribution in [0.15, 0.2) is 0 Å². The molecule has 1 N–H and O–H groups in total. The number of aliphatic carboxylic acids is 1. The highest BCUT2D eigenvalue weighted by molar-refractivity contribution is 5.85. The van der Waals surface area contributed by atoms with E-state index in [1.54, 1.807) is 0 Å². The fraction of sp³-hybridized carbons (Fsp3) is 0.818. The maximum absolute atomic E-state index is 11.2. The van der Waals surface area contributed by atoms with Crippen molar-refractivity contribution in [2.45, 2.75) is 45.1 Å². The van der Waals surface area contributed by atoms with E-state index in [0.717, 1.165) is 25.7 Å². The zero-order valence-corrected chi connectivity index (χ0v) is 9.03. The SMILES string of the molecule is CC(=O)N1CC2(CCCCC2)C1C(=O)O. The van der Waals surface area contributed by atoms with Crippen LogP contribution in [0, 0.1) is 5.41 Å². The summed E-state index contributed by atoms with van der Waals surface area (Å²) in [5.41, 5.74) is -0.101. The number of nitrogens with zero attached hydrogens (tertiary/aromatic N) is 1. The van der Waals surface area contributed by atoms with Gasteiger partial charge in [-0.05, 0) is 12.8 Å². The summed E-state index contributed by atoms with van der Waals surface area (Å²) in [6.45, 7) is 2.10. The van der Waals surface area contributed by atoms with Crippen molar-refractivity contribution < 1.29 is 14.7 Å². The molecule has 1 amide bonds. The number of hydrogen-bond donors (Lipinski definition) is 1. The molecule has 1 spiro atoms. The number of carbonyl (C=O) groups is 2. The van der Waals surface area contributed by atoms with Gasteiger partial charge in [0.25, 0.3) is 0 Å². The maximum atomic E-state index is 11.2. The Labute approximate surface area is 89.3 Å². The summed E-state index contributed by atoms with van der Waals surface area (Å²) >= 11 is 0. The first-order valence-corrected chi connectivity index (χ1v) is 5.57. The minimum atomic E-state index is -0.835. The Morgan fingerprint density at radius 3 is 2.33 bits per heavy atom. The van der Waals surface area contributed by atoms with Crippen LogP contribution in [-0.2, 0) is 9.59 Å². The van der Waals surface area contributed by atoms with Crippen LogP contribution in [0.2, 0.25) is 0 Å². The molecule has 4 nitrogen and oxygen atoms in total. The average molecular weight is 211 g/mol. The van der Waals surface area contributed by atoms with Crippen molar-refractivity contribution >= 4 is 11.9 Å². The predicted molar refractivity (Wildman–Crippen MR) is 54.3 cm³/mol. The molecular formula is C11H17NO3. The van der Waals surface area contributed by atoms with Gasteiger partial charge in [0.05, 0.1) is 0 Å². The largest absolute Gasteiger partial charge is 0.480 e. The quantitative estimate of drug-likeness (QED) is 0.710. The number of rotatable bonds is 1. The van der Waals surface area contributed by atoms with E-state index in [-0.39, 0.29) is 11.3 Å². The molecule has 0 aromatic heterocycles. The normalized spacial score (nSPS) is 28.6. The molecule has 1 saturated heterocycles. The highest BCUT2D eigenvalue weighted by Gasteiger charge is 2.57. The van der Waals surface area contributed by atoms with Crippen LogP contribution >= 0.6 is 0 Å². The van der Waals surface area contributed by atoms with Crippen molar-refractivity contribution in [3.63, 3.8) is 0 Å². The predicted octanol–water partition coefficient (Wildman–Crippen LogP) is 1.25. The Hall–Kier alpha value is -1.06. The molecule has 2 fully saturated rings. The summed E-state index contributed by atoms with van der Waals surface area (Å²) in [7, 11) is 0. The molecule has 0 radical (unpaired) electrons. The van der Waals surface area contributed by atoms with E-state index < -0.39 is 12.0 Å². The van der Waals surface area contributed by atoms with Gasteiger partial charge in [-0.25, -0.2) is 4.79 Å². The molecule has 0 aromatic carbocycles. The van der Waals surface area contributed by atoms with Gasteiger partial charge in [-0.2, -0.15) is 0 Å². The van der Waals surface area contributed by atoms with Gasteiger partial charge in [0.15, 0.2) is 0 Å². The second-order valence-electron chi connectivity index (χ2n) is 4.81. The van der Waals surface area contributed by atoms with E-state index in [9.17, 15) is 14.7 Å². The van der Waals surface area contributed by atoms with Crippen molar-refractivity contribution in [1.82, 2.24) is 4.90 Å². The van der Waals surface area contributed by atoms with Gasteiger partial charge in [0.2, 0.25) is 5.91 Å². The van der Waals surface area contributed by atoms with Gasteiger partial charge in [-0.3, -0.25) is 4.79 Å². The van der Waals surface area contributed by atoms with Crippen LogP contribution in [0.1, 0.15) is 39.0 Å². The summed E-state index contributed by atoms with van der Waals surface area (Å²) in [5, 5.41) is 9.18. The van der Waals surface area contributed by atoms with Crippen molar-refractivity contribution in [2.24, 2.45) is 5.41 Å². The molecule has 1 saturated carbocycles. The van der Waals surface area contributed by atoms with Crippen LogP contribution in [0.4, 0.5) is 0 Å². The maximum Gasteiger partial charge on any atom is 0.327 e. The third-order valence-corrected chi connectivity index (χ3v) is 3.86. The third-order valence-electron chi connectivity index (χ3n) is 3.86. The fourth-order valence-electron chi connectivity index (χ4n) is 3.11. The highest BCUT2D eigenvalue weighted by atomic mass is 16.4. The number of hydrogen-bond acceptors (Lipinski definition) is 2. The molecule has 1 aliphatic heterocycles. The Bertz CT molecular complexity index is 294. The molecular weight excluding hydrogens is 194 g/mol. The Kier molecular flexibility index (Phi) is 2.44. The first-order chi connectivity index (χ1) is 7.07. The van der Waals surface area contributed by atoms with E-state index in [4.69, 9.17) is 0 Å². The number of likely N-dealkylation sites (tertiary alicyclic amines) is 1. The summed E-state index contributed by atoms with van der Waals surface area (Å²) in [6, 6.07) is -0.560. The molecule has 1 heterocycles. The summed E-state index contributed by atoms with van der Waals surface area (Å²) in [4.78, 5) is 23.9. The van der Waals surface area contributed by atoms with E-state index >= 15 is 0 Å². The summed E-state index contributed by atoms with van der Waals surface area (Å²) in [5.74, 6) is -0.947. The van der Waals surface area contributed by atoms with Crippen molar-refractivity contribution in [2.75, 3.05) is 6.54 Å². The van der Waals surface area contributed by atoms with Crippen molar-refractivity contribution in [1.29, 1.82) is 0 Å². The lowest BCUT2D eigenvalue weighted by Gasteiger charge is -2.56.